The van der Waals surface area contributed by atoms with Gasteiger partial charge in [0.15, 0.2) is 0 Å². The molecular formula is C22H42ClKN6S2Si2. The van der Waals surface area contributed by atoms with Gasteiger partial charge in [-0.2, -0.15) is 0 Å². The van der Waals surface area contributed by atoms with Gasteiger partial charge in [-0.3, -0.25) is 0 Å². The summed E-state index contributed by atoms with van der Waals surface area (Å²) in [6, 6.07) is 0. The molecule has 0 radical (unpaired) electrons. The summed E-state index contributed by atoms with van der Waals surface area (Å²) < 4.78 is 13.7. The van der Waals surface area contributed by atoms with E-state index in [-0.39, 0.29) is 73.5 Å². The van der Waals surface area contributed by atoms with Crippen LogP contribution in [0.25, 0.3) is 0 Å². The van der Waals surface area contributed by atoms with Crippen molar-refractivity contribution in [2.75, 3.05) is 0 Å². The monoisotopic (exact) mass is 584 g/mol. The van der Waals surface area contributed by atoms with E-state index in [0.29, 0.717) is 0 Å². The summed E-state index contributed by atoms with van der Waals surface area (Å²) in [6.45, 7) is 26.4. The smallest absolute Gasteiger partial charge is 0.696 e. The number of hydrogen-bond acceptors (Lipinski definition) is 8. The molecule has 0 aromatic rings. The van der Waals surface area contributed by atoms with Gasteiger partial charge in [0.25, 0.3) is 0 Å². The average Bonchev–Trinajstić information content (AvgIpc) is 3.18. The normalized spacial score (nSPS) is 16.7. The Labute approximate surface area is 270 Å². The zero-order valence-electron chi connectivity index (χ0n) is 23.3. The Kier molecular flexibility index (Phi) is 15.6. The zero-order chi connectivity index (χ0) is 26.4. The molecule has 12 heteroatoms. The van der Waals surface area contributed by atoms with Gasteiger partial charge in [-0.05, 0) is 95.3 Å². The first-order chi connectivity index (χ1) is 14.7. The van der Waals surface area contributed by atoms with Crippen molar-refractivity contribution in [3.8, 4) is 5.40 Å². The quantitative estimate of drug-likeness (QED) is 0.117. The van der Waals surface area contributed by atoms with E-state index in [4.69, 9.17) is 28.6 Å². The molecule has 0 N–H and O–H groups in total. The number of nitrogens with zero attached hydrogens (tertiary/aromatic N) is 6. The van der Waals surface area contributed by atoms with Crippen LogP contribution in [0.5, 0.6) is 0 Å². The van der Waals surface area contributed by atoms with Crippen LogP contribution in [0.1, 0.15) is 83.1 Å². The van der Waals surface area contributed by atoms with Crippen molar-refractivity contribution in [1.29, 1.82) is 5.26 Å². The minimum absolute atomic E-state index is 0. The van der Waals surface area contributed by atoms with Crippen LogP contribution < -0.4 is 51.4 Å². The second kappa shape index (κ2) is 14.5. The van der Waals surface area contributed by atoms with Gasteiger partial charge in [-0.25, -0.2) is 9.92 Å². The molecule has 0 aromatic heterocycles. The van der Waals surface area contributed by atoms with Gasteiger partial charge in [-0.1, -0.05) is 5.40 Å². The second-order valence-corrected chi connectivity index (χ2v) is 17.2. The molecule has 6 nitrogen and oxygen atoms in total. The van der Waals surface area contributed by atoms with Crippen LogP contribution in [0.15, 0.2) is 29.5 Å². The van der Waals surface area contributed by atoms with Gasteiger partial charge in [0.1, 0.15) is 0 Å². The molecule has 0 amide bonds. The van der Waals surface area contributed by atoms with Crippen molar-refractivity contribution in [3.05, 3.63) is 24.8 Å². The van der Waals surface area contributed by atoms with Crippen LogP contribution in [-0.2, 0) is 12.6 Å². The molecule has 0 saturated carbocycles. The predicted molar refractivity (Wildman–Crippen MR) is 153 cm³/mol. The first kappa shape index (κ1) is 36.7. The van der Waals surface area contributed by atoms with Gasteiger partial charge in [0, 0.05) is 47.0 Å². The molecule has 2 heterocycles. The third-order valence-electron chi connectivity index (χ3n) is 5.00. The van der Waals surface area contributed by atoms with Crippen molar-refractivity contribution in [3.63, 3.8) is 0 Å². The van der Waals surface area contributed by atoms with E-state index in [9.17, 15) is 0 Å². The molecule has 0 atom stereocenters. The van der Waals surface area contributed by atoms with E-state index in [2.05, 4.69) is 149 Å². The number of hydrogen-bond donors (Lipinski definition) is 0. The van der Waals surface area contributed by atoms with Crippen LogP contribution in [0.3, 0.4) is 0 Å². The molecule has 34 heavy (non-hydrogen) atoms. The van der Waals surface area contributed by atoms with Crippen molar-refractivity contribution >= 4 is 58.8 Å². The minimum atomic E-state index is -1.60. The van der Waals surface area contributed by atoms with Gasteiger partial charge in [-0.15, -0.1) is 11.1 Å². The van der Waals surface area contributed by atoms with Crippen molar-refractivity contribution in [2.24, 2.45) is 4.66 Å². The molecule has 188 valence electrons. The van der Waals surface area contributed by atoms with Crippen LogP contribution in [-0.4, -0.2) is 63.3 Å². The molecule has 0 unspecified atom stereocenters. The predicted octanol–water partition coefficient (Wildman–Crippen LogP) is 2.14. The van der Waals surface area contributed by atoms with Crippen LogP contribution in [0.4, 0.5) is 0 Å². The molecular weight excluding hydrogens is 543 g/mol. The van der Waals surface area contributed by atoms with Gasteiger partial charge in [0.2, 0.25) is 0 Å². The molecule has 0 spiro atoms. The largest absolute Gasteiger partial charge is 1.00 e. The van der Waals surface area contributed by atoms with Crippen LogP contribution in [0, 0.1) is 10.7 Å². The summed E-state index contributed by atoms with van der Waals surface area (Å²) in [7, 11) is -3.10. The van der Waals surface area contributed by atoms with E-state index in [1.54, 1.807) is 0 Å². The van der Waals surface area contributed by atoms with E-state index >= 15 is 0 Å². The first-order valence-electron chi connectivity index (χ1n) is 11.0. The van der Waals surface area contributed by atoms with E-state index in [1.807, 2.05) is 0 Å². The van der Waals surface area contributed by atoms with Gasteiger partial charge < -0.3 is 30.9 Å². The third kappa shape index (κ3) is 11.3. The number of thiocarbonyl (C=S) groups is 1. The maximum atomic E-state index is 7.13. The number of halogens is 1. The molecule has 0 aliphatic carbocycles. The maximum Gasteiger partial charge on any atom is 1.00 e. The number of isothiocyanates is 1. The van der Waals surface area contributed by atoms with Crippen molar-refractivity contribution in [2.45, 2.75) is 105 Å². The minimum Gasteiger partial charge on any atom is -0.696 e. The number of thiocyanates is 1. The number of nitriles is 1. The molecule has 0 aromatic carbocycles. The Balaban J connectivity index is 0. The standard InChI is InChI=1S/C11H21N3SSi.C10H21ClN2Si.CHNS.K/c1-10(2,3)13-7-8-14(11(4,5)6)16(13)12-9-15;1-9(2,3)12-7-8-13(14(12)11)10(4,5)6;2-1-3;/h7-8,16H,1-6H3;7-8,14H,1-6H3;3H;/q;;;+1/p-1. The Bertz CT molecular complexity index is 740. The molecule has 0 bridgehead atoms. The first-order valence-corrected chi connectivity index (χ1v) is 16.1. The Morgan fingerprint density at radius 3 is 1.15 bits per heavy atom. The van der Waals surface area contributed by atoms with Crippen molar-refractivity contribution in [1.82, 2.24) is 18.3 Å². The molecule has 2 aliphatic heterocycles. The van der Waals surface area contributed by atoms with Crippen LogP contribution >= 0.6 is 23.3 Å². The summed E-state index contributed by atoms with van der Waals surface area (Å²) in [5.74, 6) is 0. The molecule has 0 saturated heterocycles. The van der Waals surface area contributed by atoms with E-state index in [1.165, 1.54) is 5.40 Å². The summed E-state index contributed by atoms with van der Waals surface area (Å²) in [5.41, 5.74) is 0.441. The van der Waals surface area contributed by atoms with E-state index in [0.717, 1.165) is 0 Å². The molecule has 2 rings (SSSR count). The Morgan fingerprint density at radius 2 is 0.971 bits per heavy atom. The zero-order valence-corrected chi connectivity index (χ0v) is 31.2. The second-order valence-electron chi connectivity index (χ2n) is 11.9. The van der Waals surface area contributed by atoms with Gasteiger partial charge in [0.05, 0.1) is 5.16 Å². The average molecular weight is 585 g/mol. The van der Waals surface area contributed by atoms with Crippen molar-refractivity contribution < 1.29 is 51.4 Å². The molecule has 2 aliphatic rings. The summed E-state index contributed by atoms with van der Waals surface area (Å²) in [4.78, 5) is 0. The van der Waals surface area contributed by atoms with E-state index < -0.39 is 17.7 Å². The fraction of sp³-hybridized carbons (Fsp3) is 0.727. The maximum absolute atomic E-state index is 7.13. The summed E-state index contributed by atoms with van der Waals surface area (Å²) >= 11 is 15.0. The number of rotatable bonds is 1. The fourth-order valence-electron chi connectivity index (χ4n) is 3.25. The summed E-state index contributed by atoms with van der Waals surface area (Å²) in [6.07, 6.45) is 8.54. The molecule has 0 fully saturated rings. The van der Waals surface area contributed by atoms with Crippen LogP contribution in [0.2, 0.25) is 0 Å². The summed E-state index contributed by atoms with van der Waals surface area (Å²) in [5, 5.41) is 11.0. The Hall–Kier alpha value is 0.550. The third-order valence-corrected chi connectivity index (χ3v) is 12.6. The fourth-order valence-corrected chi connectivity index (χ4v) is 10.1. The topological polar surface area (TPSA) is 49.1 Å². The SMILES string of the molecule is CC(C)(C)N1C=CN(C(C)(C)C)[SiH]1Cl.CC(C)(C)N1C=CN(C(C)(C)C)[SiH]1N=C=S.N#C[S-].[K+]. The van der Waals surface area contributed by atoms with Gasteiger partial charge >= 0.3 is 69.1 Å². The Morgan fingerprint density at radius 1 is 0.735 bits per heavy atom.